The third kappa shape index (κ3) is 7.34. The van der Waals surface area contributed by atoms with Crippen LogP contribution in [0.25, 0.3) is 5.57 Å². The number of aryl methyl sites for hydroxylation is 1. The maximum Gasteiger partial charge on any atom is 0.165 e. The zero-order valence-electron chi connectivity index (χ0n) is 18.8. The third-order valence-electron chi connectivity index (χ3n) is 4.91. The Labute approximate surface area is 176 Å². The molecule has 0 amide bonds. The maximum absolute atomic E-state index is 11.8. The summed E-state index contributed by atoms with van der Waals surface area (Å²) >= 11 is 0. The molecular weight excluding hydrogens is 358 g/mol. The second-order valence-electron chi connectivity index (χ2n) is 7.41. The number of aliphatic hydroxyl groups is 1. The standard InChI is InChI=1S/C26H35NO2/c1-8-11-23-12-10-13-24(21(23)6)20(5)15-18(3)19(4)16-26(29)25(22(7)28)17-27-14-9-2/h10,12-13,15-17,29H,5,8-9,11,14H2,1-4,6-7H3/b18-15+,19-16+,26-25-,27-17?. The molecule has 0 saturated carbocycles. The van der Waals surface area contributed by atoms with Crippen LogP contribution in [0.5, 0.6) is 0 Å². The van der Waals surface area contributed by atoms with Crippen molar-refractivity contribution in [2.75, 3.05) is 6.54 Å². The Balaban J connectivity index is 3.18. The molecule has 0 radical (unpaired) electrons. The van der Waals surface area contributed by atoms with Crippen LogP contribution >= 0.6 is 0 Å². The summed E-state index contributed by atoms with van der Waals surface area (Å²) in [5.41, 5.74) is 6.77. The van der Waals surface area contributed by atoms with E-state index in [2.05, 4.69) is 43.6 Å². The summed E-state index contributed by atoms with van der Waals surface area (Å²) in [4.78, 5) is 16.0. The zero-order chi connectivity index (χ0) is 22.0. The fourth-order valence-electron chi connectivity index (χ4n) is 3.04. The van der Waals surface area contributed by atoms with Gasteiger partial charge in [-0.2, -0.15) is 0 Å². The fourth-order valence-corrected chi connectivity index (χ4v) is 3.04. The van der Waals surface area contributed by atoms with Crippen LogP contribution in [-0.4, -0.2) is 23.6 Å². The lowest BCUT2D eigenvalue weighted by Gasteiger charge is -2.12. The Morgan fingerprint density at radius 3 is 2.34 bits per heavy atom. The average molecular weight is 394 g/mol. The van der Waals surface area contributed by atoms with Gasteiger partial charge in [-0.05, 0) is 80.0 Å². The molecule has 156 valence electrons. The number of rotatable bonds is 10. The molecule has 1 rings (SSSR count). The van der Waals surface area contributed by atoms with Crippen molar-refractivity contribution < 1.29 is 9.90 Å². The predicted molar refractivity (Wildman–Crippen MR) is 126 cm³/mol. The quantitative estimate of drug-likeness (QED) is 0.207. The Kier molecular flexibility index (Phi) is 10.1. The number of allylic oxidation sites excluding steroid dienone is 6. The lowest BCUT2D eigenvalue weighted by atomic mass is 9.93. The molecule has 3 nitrogen and oxygen atoms in total. The number of nitrogens with zero attached hydrogens (tertiary/aromatic N) is 1. The van der Waals surface area contributed by atoms with Gasteiger partial charge in [0, 0.05) is 12.8 Å². The summed E-state index contributed by atoms with van der Waals surface area (Å²) in [5.74, 6) is -0.268. The van der Waals surface area contributed by atoms with Crippen molar-refractivity contribution in [2.24, 2.45) is 4.99 Å². The van der Waals surface area contributed by atoms with Crippen molar-refractivity contribution in [1.29, 1.82) is 0 Å². The molecule has 1 aromatic rings. The van der Waals surface area contributed by atoms with Crippen molar-refractivity contribution in [2.45, 2.75) is 60.8 Å². The first-order valence-corrected chi connectivity index (χ1v) is 10.3. The largest absolute Gasteiger partial charge is 0.507 e. The topological polar surface area (TPSA) is 49.7 Å². The first-order valence-electron chi connectivity index (χ1n) is 10.3. The highest BCUT2D eigenvalue weighted by atomic mass is 16.3. The highest BCUT2D eigenvalue weighted by Gasteiger charge is 2.09. The van der Waals surface area contributed by atoms with E-state index in [0.717, 1.165) is 41.5 Å². The van der Waals surface area contributed by atoms with E-state index in [1.54, 1.807) is 6.08 Å². The van der Waals surface area contributed by atoms with Gasteiger partial charge in [-0.1, -0.05) is 51.1 Å². The number of benzene rings is 1. The van der Waals surface area contributed by atoms with Crippen LogP contribution in [0.2, 0.25) is 0 Å². The number of Topliss-reactive ketones (excluding diaryl/α,β-unsaturated/α-hetero) is 1. The molecule has 29 heavy (non-hydrogen) atoms. The van der Waals surface area contributed by atoms with E-state index in [0.29, 0.717) is 6.54 Å². The Bertz CT molecular complexity index is 867. The van der Waals surface area contributed by atoms with Gasteiger partial charge in [0.2, 0.25) is 0 Å². The van der Waals surface area contributed by atoms with Crippen LogP contribution in [0.3, 0.4) is 0 Å². The molecule has 0 spiro atoms. The number of aliphatic hydroxyl groups excluding tert-OH is 1. The number of hydrogen-bond acceptors (Lipinski definition) is 3. The molecule has 0 heterocycles. The lowest BCUT2D eigenvalue weighted by molar-refractivity contribution is -0.113. The number of carbonyl (C=O) groups excluding carboxylic acids is 1. The number of ketones is 1. The first kappa shape index (κ1) is 24.4. The van der Waals surface area contributed by atoms with Crippen molar-refractivity contribution in [3.05, 3.63) is 76.1 Å². The summed E-state index contributed by atoms with van der Waals surface area (Å²) in [5, 5.41) is 10.4. The third-order valence-corrected chi connectivity index (χ3v) is 4.91. The predicted octanol–water partition coefficient (Wildman–Crippen LogP) is 6.74. The molecule has 0 aliphatic carbocycles. The summed E-state index contributed by atoms with van der Waals surface area (Å²) < 4.78 is 0. The van der Waals surface area contributed by atoms with Gasteiger partial charge in [-0.15, -0.1) is 0 Å². The molecule has 0 unspecified atom stereocenters. The molecule has 0 aliphatic rings. The summed E-state index contributed by atoms with van der Waals surface area (Å²) in [7, 11) is 0. The van der Waals surface area contributed by atoms with E-state index in [1.165, 1.54) is 24.3 Å². The van der Waals surface area contributed by atoms with E-state index in [-0.39, 0.29) is 17.1 Å². The van der Waals surface area contributed by atoms with E-state index in [1.807, 2.05) is 26.8 Å². The number of hydrogen-bond donors (Lipinski definition) is 1. The summed E-state index contributed by atoms with van der Waals surface area (Å²) in [6.45, 7) is 16.5. The minimum absolute atomic E-state index is 0.0608. The minimum Gasteiger partial charge on any atom is -0.507 e. The number of carbonyl (C=O) groups is 1. The second-order valence-corrected chi connectivity index (χ2v) is 7.41. The first-order chi connectivity index (χ1) is 13.7. The van der Waals surface area contributed by atoms with Crippen molar-refractivity contribution in [3.8, 4) is 0 Å². The number of aliphatic imine (C=N–C) groups is 1. The van der Waals surface area contributed by atoms with Crippen molar-refractivity contribution in [3.63, 3.8) is 0 Å². The molecule has 0 fully saturated rings. The molecule has 0 bridgehead atoms. The second kappa shape index (κ2) is 12.0. The van der Waals surface area contributed by atoms with Gasteiger partial charge in [0.1, 0.15) is 5.76 Å². The van der Waals surface area contributed by atoms with Crippen LogP contribution in [0.15, 0.2) is 64.4 Å². The highest BCUT2D eigenvalue weighted by Crippen LogP contribution is 2.25. The maximum atomic E-state index is 11.8. The van der Waals surface area contributed by atoms with Gasteiger partial charge in [0.05, 0.1) is 5.57 Å². The minimum atomic E-state index is -0.208. The zero-order valence-corrected chi connectivity index (χ0v) is 18.8. The van der Waals surface area contributed by atoms with Gasteiger partial charge < -0.3 is 5.11 Å². The van der Waals surface area contributed by atoms with Gasteiger partial charge in [-0.3, -0.25) is 9.79 Å². The Morgan fingerprint density at radius 2 is 1.76 bits per heavy atom. The summed E-state index contributed by atoms with van der Waals surface area (Å²) in [6.07, 6.45) is 8.16. The van der Waals surface area contributed by atoms with Crippen LogP contribution in [0.4, 0.5) is 0 Å². The molecule has 0 saturated heterocycles. The summed E-state index contributed by atoms with van der Waals surface area (Å²) in [6, 6.07) is 6.34. The monoisotopic (exact) mass is 393 g/mol. The van der Waals surface area contributed by atoms with Gasteiger partial charge in [0.15, 0.2) is 5.78 Å². The molecular formula is C26H35NO2. The average Bonchev–Trinajstić information content (AvgIpc) is 2.66. The molecule has 0 atom stereocenters. The van der Waals surface area contributed by atoms with Crippen LogP contribution in [0.1, 0.15) is 64.2 Å². The van der Waals surface area contributed by atoms with E-state index >= 15 is 0 Å². The van der Waals surface area contributed by atoms with Crippen LogP contribution in [-0.2, 0) is 11.2 Å². The van der Waals surface area contributed by atoms with E-state index < -0.39 is 0 Å². The van der Waals surface area contributed by atoms with Crippen molar-refractivity contribution >= 4 is 17.6 Å². The lowest BCUT2D eigenvalue weighted by Crippen LogP contribution is -2.03. The molecule has 1 N–H and O–H groups in total. The van der Waals surface area contributed by atoms with Gasteiger partial charge >= 0.3 is 0 Å². The molecule has 0 aliphatic heterocycles. The van der Waals surface area contributed by atoms with Crippen LogP contribution in [0, 0.1) is 6.92 Å². The fraction of sp³-hybridized carbons (Fsp3) is 0.385. The van der Waals surface area contributed by atoms with E-state index in [9.17, 15) is 9.90 Å². The normalized spacial score (nSPS) is 13.6. The van der Waals surface area contributed by atoms with Crippen molar-refractivity contribution in [1.82, 2.24) is 0 Å². The van der Waals surface area contributed by atoms with Crippen LogP contribution < -0.4 is 0 Å². The highest BCUT2D eigenvalue weighted by molar-refractivity contribution is 6.12. The SMILES string of the molecule is C=C(/C=C(C)/C(C)=C/C(O)=C(\C=NCCC)C(C)=O)c1cccc(CCC)c1C. The van der Waals surface area contributed by atoms with Gasteiger partial charge in [-0.25, -0.2) is 0 Å². The Hall–Kier alpha value is -2.68. The van der Waals surface area contributed by atoms with E-state index in [4.69, 9.17) is 0 Å². The smallest absolute Gasteiger partial charge is 0.165 e. The van der Waals surface area contributed by atoms with Gasteiger partial charge in [0.25, 0.3) is 0 Å². The Morgan fingerprint density at radius 1 is 1.10 bits per heavy atom. The molecule has 0 aromatic heterocycles. The molecule has 1 aromatic carbocycles. The molecule has 3 heteroatoms.